The van der Waals surface area contributed by atoms with Gasteiger partial charge in [-0.3, -0.25) is 0 Å². The van der Waals surface area contributed by atoms with E-state index in [1.165, 1.54) is 6.07 Å². The van der Waals surface area contributed by atoms with Crippen molar-refractivity contribution < 1.29 is 9.13 Å². The van der Waals surface area contributed by atoms with Crippen molar-refractivity contribution in [3.63, 3.8) is 0 Å². The molecular weight excluding hydrogens is 273 g/mol. The molecule has 0 bridgehead atoms. The van der Waals surface area contributed by atoms with Crippen molar-refractivity contribution in [2.24, 2.45) is 0 Å². The van der Waals surface area contributed by atoms with E-state index in [2.05, 4.69) is 25.6 Å². The van der Waals surface area contributed by atoms with E-state index in [-0.39, 0.29) is 17.8 Å². The van der Waals surface area contributed by atoms with Crippen LogP contribution in [-0.2, 0) is 0 Å². The van der Waals surface area contributed by atoms with Crippen molar-refractivity contribution in [2.45, 2.75) is 20.8 Å². The van der Waals surface area contributed by atoms with Crippen LogP contribution in [0.3, 0.4) is 0 Å². The van der Waals surface area contributed by atoms with Crippen molar-refractivity contribution in [3.05, 3.63) is 29.6 Å². The van der Waals surface area contributed by atoms with Crippen LogP contribution in [0.25, 0.3) is 0 Å². The van der Waals surface area contributed by atoms with Crippen LogP contribution in [0.4, 0.5) is 22.0 Å². The molecule has 7 heteroatoms. The molecule has 1 heterocycles. The largest absolute Gasteiger partial charge is 0.464 e. The van der Waals surface area contributed by atoms with Gasteiger partial charge in [-0.1, -0.05) is 6.07 Å². The lowest BCUT2D eigenvalue weighted by molar-refractivity contribution is 0.312. The molecule has 0 aliphatic rings. The Morgan fingerprint density at radius 2 is 1.90 bits per heavy atom. The van der Waals surface area contributed by atoms with Crippen LogP contribution >= 0.6 is 0 Å². The first-order valence-corrected chi connectivity index (χ1v) is 6.78. The van der Waals surface area contributed by atoms with Gasteiger partial charge < -0.3 is 15.4 Å². The topological polar surface area (TPSA) is 72.0 Å². The number of halogens is 1. The highest BCUT2D eigenvalue weighted by atomic mass is 19.1. The Bertz CT molecular complexity index is 596. The number of aryl methyl sites for hydroxylation is 1. The van der Waals surface area contributed by atoms with Gasteiger partial charge in [0.1, 0.15) is 5.82 Å². The number of rotatable bonds is 6. The Morgan fingerprint density at radius 3 is 2.62 bits per heavy atom. The van der Waals surface area contributed by atoms with Crippen molar-refractivity contribution in [1.82, 2.24) is 15.0 Å². The quantitative estimate of drug-likeness (QED) is 0.852. The van der Waals surface area contributed by atoms with Crippen LogP contribution in [0.2, 0.25) is 0 Å². The molecular formula is C14H18FN5O. The summed E-state index contributed by atoms with van der Waals surface area (Å²) < 4.78 is 19.1. The Balaban J connectivity index is 2.31. The molecule has 2 rings (SSSR count). The van der Waals surface area contributed by atoms with Gasteiger partial charge in [0.05, 0.1) is 12.3 Å². The first kappa shape index (κ1) is 15.0. The average Bonchev–Trinajstić information content (AvgIpc) is 2.43. The molecule has 0 atom stereocenters. The van der Waals surface area contributed by atoms with Crippen LogP contribution in [0.1, 0.15) is 19.4 Å². The second kappa shape index (κ2) is 6.83. The molecule has 112 valence electrons. The zero-order valence-corrected chi connectivity index (χ0v) is 12.3. The summed E-state index contributed by atoms with van der Waals surface area (Å²) >= 11 is 0. The summed E-state index contributed by atoms with van der Waals surface area (Å²) in [5, 5.41) is 5.84. The van der Waals surface area contributed by atoms with Crippen molar-refractivity contribution in [1.29, 1.82) is 0 Å². The third-order valence-corrected chi connectivity index (χ3v) is 2.59. The van der Waals surface area contributed by atoms with E-state index in [0.717, 1.165) is 5.56 Å². The van der Waals surface area contributed by atoms with E-state index in [4.69, 9.17) is 4.74 Å². The lowest BCUT2D eigenvalue weighted by atomic mass is 10.2. The number of nitrogens with zero attached hydrogens (tertiary/aromatic N) is 3. The first-order chi connectivity index (χ1) is 10.1. The van der Waals surface area contributed by atoms with Gasteiger partial charge in [-0.25, -0.2) is 4.39 Å². The van der Waals surface area contributed by atoms with E-state index < -0.39 is 0 Å². The minimum atomic E-state index is -0.371. The van der Waals surface area contributed by atoms with Gasteiger partial charge in [-0.05, 0) is 38.5 Å². The smallest absolute Gasteiger partial charge is 0.323 e. The summed E-state index contributed by atoms with van der Waals surface area (Å²) in [6, 6.07) is 4.97. The van der Waals surface area contributed by atoms with Crippen molar-refractivity contribution in [2.75, 3.05) is 23.8 Å². The summed E-state index contributed by atoms with van der Waals surface area (Å²) in [7, 11) is 0. The second-order valence-corrected chi connectivity index (χ2v) is 4.34. The molecule has 2 N–H and O–H groups in total. The van der Waals surface area contributed by atoms with Gasteiger partial charge in [0.2, 0.25) is 11.9 Å². The minimum absolute atomic E-state index is 0.194. The third-order valence-electron chi connectivity index (χ3n) is 2.59. The number of aromatic nitrogens is 3. The molecule has 0 saturated carbocycles. The van der Waals surface area contributed by atoms with Gasteiger partial charge in [0.25, 0.3) is 0 Å². The standard InChI is InChI=1S/C14H18FN5O/c1-4-16-12-18-13(20-14(19-12)21-5-2)17-11-8-9(3)6-7-10(11)15/h6-8H,4-5H2,1-3H3,(H2,16,17,18,19,20). The van der Waals surface area contributed by atoms with Gasteiger partial charge in [0, 0.05) is 6.54 Å². The van der Waals surface area contributed by atoms with E-state index in [0.29, 0.717) is 24.8 Å². The van der Waals surface area contributed by atoms with Crippen LogP contribution in [0, 0.1) is 12.7 Å². The lowest BCUT2D eigenvalue weighted by Crippen LogP contribution is -2.09. The second-order valence-electron chi connectivity index (χ2n) is 4.34. The minimum Gasteiger partial charge on any atom is -0.464 e. The highest BCUT2D eigenvalue weighted by Gasteiger charge is 2.09. The number of nitrogens with one attached hydrogen (secondary N) is 2. The van der Waals surface area contributed by atoms with Gasteiger partial charge in [-0.15, -0.1) is 0 Å². The number of benzene rings is 1. The molecule has 0 aliphatic heterocycles. The lowest BCUT2D eigenvalue weighted by Gasteiger charge is -2.10. The average molecular weight is 291 g/mol. The maximum atomic E-state index is 13.8. The molecule has 6 nitrogen and oxygen atoms in total. The van der Waals surface area contributed by atoms with Crippen LogP contribution in [0.15, 0.2) is 18.2 Å². The molecule has 21 heavy (non-hydrogen) atoms. The normalized spacial score (nSPS) is 10.3. The fraction of sp³-hybridized carbons (Fsp3) is 0.357. The van der Waals surface area contributed by atoms with E-state index in [1.54, 1.807) is 12.1 Å². The fourth-order valence-electron chi connectivity index (χ4n) is 1.70. The molecule has 0 amide bonds. The number of ether oxygens (including phenoxy) is 1. The number of hydrogen-bond donors (Lipinski definition) is 2. The maximum absolute atomic E-state index is 13.8. The SMILES string of the molecule is CCNc1nc(Nc2cc(C)ccc2F)nc(OCC)n1. The molecule has 0 fully saturated rings. The molecule has 0 saturated heterocycles. The summed E-state index contributed by atoms with van der Waals surface area (Å²) in [6.45, 7) is 6.75. The Hall–Kier alpha value is -2.44. The molecule has 0 spiro atoms. The van der Waals surface area contributed by atoms with Crippen LogP contribution in [0.5, 0.6) is 6.01 Å². The summed E-state index contributed by atoms with van der Waals surface area (Å²) in [5.74, 6) is 0.240. The van der Waals surface area contributed by atoms with E-state index >= 15 is 0 Å². The molecule has 0 unspecified atom stereocenters. The van der Waals surface area contributed by atoms with Crippen molar-refractivity contribution in [3.8, 4) is 6.01 Å². The molecule has 0 aliphatic carbocycles. The zero-order valence-electron chi connectivity index (χ0n) is 12.3. The van der Waals surface area contributed by atoms with Gasteiger partial charge in [0.15, 0.2) is 0 Å². The Labute approximate surface area is 122 Å². The highest BCUT2D eigenvalue weighted by Crippen LogP contribution is 2.20. The van der Waals surface area contributed by atoms with E-state index in [1.807, 2.05) is 20.8 Å². The molecule has 1 aromatic heterocycles. The zero-order chi connectivity index (χ0) is 15.2. The predicted molar refractivity (Wildman–Crippen MR) is 79.6 cm³/mol. The summed E-state index contributed by atoms with van der Waals surface area (Å²) in [6.07, 6.45) is 0. The Kier molecular flexibility index (Phi) is 4.86. The van der Waals surface area contributed by atoms with Gasteiger partial charge in [-0.2, -0.15) is 15.0 Å². The highest BCUT2D eigenvalue weighted by molar-refractivity contribution is 5.56. The van der Waals surface area contributed by atoms with Crippen molar-refractivity contribution >= 4 is 17.6 Å². The first-order valence-electron chi connectivity index (χ1n) is 6.78. The molecule has 0 radical (unpaired) electrons. The van der Waals surface area contributed by atoms with Crippen LogP contribution in [-0.4, -0.2) is 28.1 Å². The molecule has 2 aromatic rings. The molecule has 1 aromatic carbocycles. The Morgan fingerprint density at radius 1 is 1.14 bits per heavy atom. The maximum Gasteiger partial charge on any atom is 0.323 e. The summed E-state index contributed by atoms with van der Waals surface area (Å²) in [4.78, 5) is 12.4. The van der Waals surface area contributed by atoms with Crippen LogP contribution < -0.4 is 15.4 Å². The summed E-state index contributed by atoms with van der Waals surface area (Å²) in [5.41, 5.74) is 1.25. The third kappa shape index (κ3) is 4.01. The number of anilines is 3. The van der Waals surface area contributed by atoms with E-state index in [9.17, 15) is 4.39 Å². The van der Waals surface area contributed by atoms with Gasteiger partial charge >= 0.3 is 6.01 Å². The monoisotopic (exact) mass is 291 g/mol. The predicted octanol–water partition coefficient (Wildman–Crippen LogP) is 2.89. The number of hydrogen-bond acceptors (Lipinski definition) is 6. The fourth-order valence-corrected chi connectivity index (χ4v) is 1.70.